The van der Waals surface area contributed by atoms with Crippen LogP contribution in [0.2, 0.25) is 0 Å². The molecule has 18 heavy (non-hydrogen) atoms. The molecule has 1 atom stereocenters. The van der Waals surface area contributed by atoms with Crippen molar-refractivity contribution in [3.8, 4) is 0 Å². The summed E-state index contributed by atoms with van der Waals surface area (Å²) >= 11 is 0. The Hall–Kier alpha value is -0.0400. The summed E-state index contributed by atoms with van der Waals surface area (Å²) in [6, 6.07) is 0.398. The summed E-state index contributed by atoms with van der Waals surface area (Å²) in [5, 5.41) is 3.20. The Balaban J connectivity index is 0.00000289. The summed E-state index contributed by atoms with van der Waals surface area (Å²) < 4.78 is 5.17. The molecule has 0 bridgehead atoms. The average Bonchev–Trinajstić information content (AvgIpc) is 2.27. The Bertz CT molecular complexity index is 255. The maximum absolute atomic E-state index is 5.87. The van der Waals surface area contributed by atoms with Gasteiger partial charge in [0.05, 0.1) is 0 Å². The topological polar surface area (TPSA) is 59.6 Å². The van der Waals surface area contributed by atoms with Gasteiger partial charge in [-0.05, 0) is 38.0 Å². The lowest BCUT2D eigenvalue weighted by atomic mass is 9.67. The van der Waals surface area contributed by atoms with Gasteiger partial charge in [0.15, 0.2) is 5.96 Å². The standard InChI is InChI=1S/C13H27N3O.HI/c1-4-11(2)16-12(14)15-10-13(6-5-7-13)8-9-17-3;/h11H,4-10H2,1-3H3,(H3,14,15,16);1H. The summed E-state index contributed by atoms with van der Waals surface area (Å²) in [6.45, 7) is 5.92. The molecule has 1 fully saturated rings. The van der Waals surface area contributed by atoms with Gasteiger partial charge in [0, 0.05) is 26.3 Å². The van der Waals surface area contributed by atoms with Gasteiger partial charge >= 0.3 is 0 Å². The van der Waals surface area contributed by atoms with Gasteiger partial charge in [0.25, 0.3) is 0 Å². The molecule has 0 heterocycles. The Morgan fingerprint density at radius 2 is 2.17 bits per heavy atom. The van der Waals surface area contributed by atoms with E-state index in [-0.39, 0.29) is 24.0 Å². The van der Waals surface area contributed by atoms with Crippen molar-refractivity contribution in [2.24, 2.45) is 16.1 Å². The van der Waals surface area contributed by atoms with Crippen molar-refractivity contribution in [3.63, 3.8) is 0 Å². The molecule has 0 aliphatic heterocycles. The zero-order valence-electron chi connectivity index (χ0n) is 11.9. The number of ether oxygens (including phenoxy) is 1. The second-order valence-corrected chi connectivity index (χ2v) is 5.25. The van der Waals surface area contributed by atoms with E-state index >= 15 is 0 Å². The number of hydrogen-bond donors (Lipinski definition) is 2. The molecule has 0 radical (unpaired) electrons. The lowest BCUT2D eigenvalue weighted by Crippen LogP contribution is -2.40. The van der Waals surface area contributed by atoms with Crippen LogP contribution >= 0.6 is 24.0 Å². The minimum atomic E-state index is 0. The fourth-order valence-electron chi connectivity index (χ4n) is 2.14. The van der Waals surface area contributed by atoms with Crippen LogP contribution in [0.1, 0.15) is 46.0 Å². The number of rotatable bonds is 7. The van der Waals surface area contributed by atoms with Crippen LogP contribution in [0.5, 0.6) is 0 Å². The first-order chi connectivity index (χ1) is 8.12. The van der Waals surface area contributed by atoms with Crippen LogP contribution in [0.3, 0.4) is 0 Å². The van der Waals surface area contributed by atoms with Gasteiger partial charge in [-0.1, -0.05) is 13.3 Å². The van der Waals surface area contributed by atoms with E-state index in [2.05, 4.69) is 24.2 Å². The van der Waals surface area contributed by atoms with Crippen molar-refractivity contribution in [1.82, 2.24) is 5.32 Å². The lowest BCUT2D eigenvalue weighted by Gasteiger charge is -2.40. The molecule has 0 aromatic carbocycles. The second-order valence-electron chi connectivity index (χ2n) is 5.25. The molecule has 0 aromatic heterocycles. The Morgan fingerprint density at radius 1 is 1.50 bits per heavy atom. The van der Waals surface area contributed by atoms with Crippen molar-refractivity contribution < 1.29 is 4.74 Å². The molecule has 0 saturated heterocycles. The highest BCUT2D eigenvalue weighted by molar-refractivity contribution is 14.0. The minimum Gasteiger partial charge on any atom is -0.385 e. The zero-order chi connectivity index (χ0) is 12.7. The molecule has 1 unspecified atom stereocenters. The average molecular weight is 369 g/mol. The normalized spacial score (nSPS) is 19.6. The van der Waals surface area contributed by atoms with E-state index in [1.807, 2.05) is 0 Å². The highest BCUT2D eigenvalue weighted by Gasteiger charge is 2.36. The predicted molar refractivity (Wildman–Crippen MR) is 87.6 cm³/mol. The van der Waals surface area contributed by atoms with Gasteiger partial charge in [0.2, 0.25) is 0 Å². The van der Waals surface area contributed by atoms with Gasteiger partial charge in [-0.3, -0.25) is 4.99 Å². The zero-order valence-corrected chi connectivity index (χ0v) is 14.2. The number of halogens is 1. The third-order valence-corrected chi connectivity index (χ3v) is 3.84. The number of hydrogen-bond acceptors (Lipinski definition) is 2. The second kappa shape index (κ2) is 8.96. The molecule has 0 amide bonds. The minimum absolute atomic E-state index is 0. The van der Waals surface area contributed by atoms with Gasteiger partial charge < -0.3 is 15.8 Å². The Kier molecular flexibility index (Phi) is 8.94. The Morgan fingerprint density at radius 3 is 2.61 bits per heavy atom. The number of nitrogens with zero attached hydrogens (tertiary/aromatic N) is 1. The number of aliphatic imine (C=N–C) groups is 1. The molecule has 3 N–H and O–H groups in total. The molecule has 1 aliphatic carbocycles. The molecule has 1 saturated carbocycles. The first-order valence-electron chi connectivity index (χ1n) is 6.67. The maximum Gasteiger partial charge on any atom is 0.188 e. The molecule has 4 nitrogen and oxygen atoms in total. The van der Waals surface area contributed by atoms with E-state index in [0.717, 1.165) is 26.0 Å². The van der Waals surface area contributed by atoms with Crippen molar-refractivity contribution in [2.75, 3.05) is 20.3 Å². The quantitative estimate of drug-likeness (QED) is 0.412. The van der Waals surface area contributed by atoms with Crippen LogP contribution in [0, 0.1) is 5.41 Å². The van der Waals surface area contributed by atoms with Crippen LogP contribution in [-0.4, -0.2) is 32.3 Å². The van der Waals surface area contributed by atoms with E-state index in [1.165, 1.54) is 19.3 Å². The highest BCUT2D eigenvalue weighted by atomic mass is 127. The third kappa shape index (κ3) is 5.73. The number of nitrogens with one attached hydrogen (secondary N) is 1. The van der Waals surface area contributed by atoms with Crippen LogP contribution < -0.4 is 11.1 Å². The maximum atomic E-state index is 5.87. The molecular weight excluding hydrogens is 341 g/mol. The van der Waals surface area contributed by atoms with Crippen LogP contribution in [0.4, 0.5) is 0 Å². The van der Waals surface area contributed by atoms with Gasteiger partial charge in [-0.2, -0.15) is 0 Å². The number of guanidine groups is 1. The number of nitrogens with two attached hydrogens (primary N) is 1. The van der Waals surface area contributed by atoms with E-state index in [9.17, 15) is 0 Å². The van der Waals surface area contributed by atoms with Crippen molar-refractivity contribution >= 4 is 29.9 Å². The fourth-order valence-corrected chi connectivity index (χ4v) is 2.14. The summed E-state index contributed by atoms with van der Waals surface area (Å²) in [6.07, 6.45) is 6.00. The highest BCUT2D eigenvalue weighted by Crippen LogP contribution is 2.44. The molecule has 108 valence electrons. The van der Waals surface area contributed by atoms with E-state index in [0.29, 0.717) is 17.4 Å². The molecule has 1 aliphatic rings. The van der Waals surface area contributed by atoms with Gasteiger partial charge in [-0.15, -0.1) is 24.0 Å². The van der Waals surface area contributed by atoms with Gasteiger partial charge in [-0.25, -0.2) is 0 Å². The Labute approximate surface area is 128 Å². The molecule has 5 heteroatoms. The molecule has 0 spiro atoms. The summed E-state index contributed by atoms with van der Waals surface area (Å²) in [7, 11) is 1.76. The molecular formula is C13H28IN3O. The van der Waals surface area contributed by atoms with Crippen molar-refractivity contribution in [3.05, 3.63) is 0 Å². The first kappa shape index (κ1) is 18.0. The SMILES string of the molecule is CCC(C)NC(N)=NCC1(CCOC)CCC1.I. The predicted octanol–water partition coefficient (Wildman–Crippen LogP) is 2.51. The monoisotopic (exact) mass is 369 g/mol. The largest absolute Gasteiger partial charge is 0.385 e. The third-order valence-electron chi connectivity index (χ3n) is 3.84. The van der Waals surface area contributed by atoms with Crippen LogP contribution in [0.25, 0.3) is 0 Å². The van der Waals surface area contributed by atoms with E-state index in [1.54, 1.807) is 7.11 Å². The fraction of sp³-hybridized carbons (Fsp3) is 0.923. The summed E-state index contributed by atoms with van der Waals surface area (Å²) in [5.74, 6) is 0.586. The van der Waals surface area contributed by atoms with Crippen LogP contribution in [-0.2, 0) is 4.74 Å². The summed E-state index contributed by atoms with van der Waals surface area (Å²) in [4.78, 5) is 4.49. The van der Waals surface area contributed by atoms with Crippen LogP contribution in [0.15, 0.2) is 4.99 Å². The lowest BCUT2D eigenvalue weighted by molar-refractivity contribution is 0.0779. The first-order valence-corrected chi connectivity index (χ1v) is 6.67. The van der Waals surface area contributed by atoms with Crippen molar-refractivity contribution in [2.45, 2.75) is 52.0 Å². The number of methoxy groups -OCH3 is 1. The smallest absolute Gasteiger partial charge is 0.188 e. The molecule has 0 aromatic rings. The van der Waals surface area contributed by atoms with Crippen molar-refractivity contribution in [1.29, 1.82) is 0 Å². The molecule has 1 rings (SSSR count). The van der Waals surface area contributed by atoms with Gasteiger partial charge in [0.1, 0.15) is 0 Å². The van der Waals surface area contributed by atoms with E-state index < -0.39 is 0 Å². The van der Waals surface area contributed by atoms with E-state index in [4.69, 9.17) is 10.5 Å². The summed E-state index contributed by atoms with van der Waals surface area (Å²) in [5.41, 5.74) is 6.23.